The Kier molecular flexibility index (Phi) is 7.56. The van der Waals surface area contributed by atoms with Crippen LogP contribution >= 0.6 is 0 Å². The van der Waals surface area contributed by atoms with Gasteiger partial charge in [-0.15, -0.1) is 0 Å². The van der Waals surface area contributed by atoms with Gasteiger partial charge >= 0.3 is 11.9 Å². The molecule has 0 heterocycles. The molecule has 0 radical (unpaired) electrons. The fourth-order valence-corrected chi connectivity index (χ4v) is 8.20. The second-order valence-electron chi connectivity index (χ2n) is 12.0. The smallest absolute Gasteiger partial charge is 0.333 e. The van der Waals surface area contributed by atoms with E-state index in [0.717, 1.165) is 19.3 Å². The third-order valence-corrected chi connectivity index (χ3v) is 9.82. The molecule has 1 N–H and O–H groups in total. The van der Waals surface area contributed by atoms with Gasteiger partial charge in [0.25, 0.3) is 0 Å². The highest BCUT2D eigenvalue weighted by atomic mass is 16.6. The summed E-state index contributed by atoms with van der Waals surface area (Å²) in [5, 5.41) is 9.48. The van der Waals surface area contributed by atoms with Crippen LogP contribution in [0.5, 0.6) is 0 Å². The number of allylic oxidation sites excluding steroid dienone is 4. The Morgan fingerprint density at radius 3 is 2.49 bits per heavy atom. The van der Waals surface area contributed by atoms with Gasteiger partial charge in [0, 0.05) is 17.9 Å². The van der Waals surface area contributed by atoms with E-state index in [1.807, 2.05) is 6.08 Å². The van der Waals surface area contributed by atoms with Crippen LogP contribution in [-0.4, -0.2) is 60.6 Å². The van der Waals surface area contributed by atoms with Crippen LogP contribution < -0.4 is 0 Å². The highest BCUT2D eigenvalue weighted by molar-refractivity contribution is 6.01. The van der Waals surface area contributed by atoms with Crippen molar-refractivity contribution in [3.05, 3.63) is 23.8 Å². The number of esters is 2. The Morgan fingerprint density at radius 2 is 1.81 bits per heavy atom. The number of ketones is 2. The van der Waals surface area contributed by atoms with Crippen molar-refractivity contribution < 1.29 is 38.5 Å². The van der Waals surface area contributed by atoms with Crippen molar-refractivity contribution >= 4 is 23.5 Å². The average molecular weight is 517 g/mol. The molecule has 1 unspecified atom stereocenters. The Morgan fingerprint density at radius 1 is 1.11 bits per heavy atom. The van der Waals surface area contributed by atoms with Gasteiger partial charge in [0.1, 0.15) is 6.61 Å². The average Bonchev–Trinajstić information content (AvgIpc) is 3.11. The molecular weight excluding hydrogens is 476 g/mol. The fraction of sp³-hybridized carbons (Fsp3) is 0.724. The summed E-state index contributed by atoms with van der Waals surface area (Å²) in [4.78, 5) is 50.8. The lowest BCUT2D eigenvalue weighted by molar-refractivity contribution is -0.194. The number of Topliss-reactive ketones (excluding diaryl/α,β-unsaturated/α-hetero) is 1. The minimum Gasteiger partial charge on any atom is -0.457 e. The van der Waals surface area contributed by atoms with E-state index in [9.17, 15) is 24.3 Å². The predicted molar refractivity (Wildman–Crippen MR) is 134 cm³/mol. The van der Waals surface area contributed by atoms with Crippen LogP contribution in [0, 0.1) is 34.5 Å². The monoisotopic (exact) mass is 516 g/mol. The van der Waals surface area contributed by atoms with Crippen molar-refractivity contribution in [1.29, 1.82) is 0 Å². The van der Waals surface area contributed by atoms with Crippen molar-refractivity contribution in [2.24, 2.45) is 34.5 Å². The summed E-state index contributed by atoms with van der Waals surface area (Å²) in [5.41, 5.74) is -1.06. The summed E-state index contributed by atoms with van der Waals surface area (Å²) in [6.07, 6.45) is 7.97. The van der Waals surface area contributed by atoms with Gasteiger partial charge in [-0.05, 0) is 74.9 Å². The number of hydrogen-bond acceptors (Lipinski definition) is 8. The molecule has 0 amide bonds. The number of fused-ring (bicyclic) bond motifs is 5. The summed E-state index contributed by atoms with van der Waals surface area (Å²) in [6, 6.07) is 0. The quantitative estimate of drug-likeness (QED) is 0.488. The Bertz CT molecular complexity index is 1030. The molecule has 8 nitrogen and oxygen atoms in total. The summed E-state index contributed by atoms with van der Waals surface area (Å²) < 4.78 is 16.2. The van der Waals surface area contributed by atoms with Crippen LogP contribution in [0.2, 0.25) is 0 Å². The van der Waals surface area contributed by atoms with E-state index in [2.05, 4.69) is 26.8 Å². The lowest BCUT2D eigenvalue weighted by Gasteiger charge is -2.59. The van der Waals surface area contributed by atoms with E-state index in [1.165, 1.54) is 19.6 Å². The molecule has 8 atom stereocenters. The zero-order chi connectivity index (χ0) is 27.2. The number of carbonyl (C=O) groups is 4. The Hall–Kier alpha value is -2.32. The second-order valence-corrected chi connectivity index (χ2v) is 12.0. The maximum absolute atomic E-state index is 13.8. The number of methoxy groups -OCH3 is 1. The molecule has 0 aliphatic heterocycles. The van der Waals surface area contributed by atoms with E-state index in [0.29, 0.717) is 24.7 Å². The third kappa shape index (κ3) is 4.60. The number of rotatable bonds is 8. The van der Waals surface area contributed by atoms with E-state index < -0.39 is 41.4 Å². The number of aliphatic hydroxyl groups is 1. The molecule has 0 bridgehead atoms. The van der Waals surface area contributed by atoms with Crippen molar-refractivity contribution in [3.8, 4) is 0 Å². The maximum atomic E-state index is 13.8. The van der Waals surface area contributed by atoms with Crippen molar-refractivity contribution in [2.45, 2.75) is 77.9 Å². The topological polar surface area (TPSA) is 116 Å². The number of ether oxygens (including phenoxy) is 3. The highest BCUT2D eigenvalue weighted by Gasteiger charge is 2.69. The second kappa shape index (κ2) is 10.1. The standard InChI is InChI=1S/C29H40O8/c1-17-12-20-21(27(3)9-6-19(31)14-23(17)27)7-10-28(4)22(20)8-11-29(28,37-26(34)16-35-5)24(32)15-36-25(33)13-18(2)30/h6,9,14,17-18,20-22,30H,7-8,10-13,15-16H2,1-5H3/t17-,18?,20+,21-,22-,27+,28-,29-/m0/s1. The molecule has 8 heteroatoms. The van der Waals surface area contributed by atoms with Crippen LogP contribution in [0.4, 0.5) is 0 Å². The van der Waals surface area contributed by atoms with Gasteiger partial charge in [0.15, 0.2) is 18.0 Å². The normalized spacial score (nSPS) is 39.1. The van der Waals surface area contributed by atoms with Crippen LogP contribution in [0.25, 0.3) is 0 Å². The first-order valence-corrected chi connectivity index (χ1v) is 13.4. The number of carbonyl (C=O) groups excluding carboxylic acids is 4. The molecule has 0 aromatic rings. The molecule has 4 aliphatic carbocycles. The van der Waals surface area contributed by atoms with Crippen molar-refractivity contribution in [1.82, 2.24) is 0 Å². The predicted octanol–water partition coefficient (Wildman–Crippen LogP) is 3.35. The summed E-state index contributed by atoms with van der Waals surface area (Å²) in [7, 11) is 1.40. The molecule has 0 aromatic carbocycles. The molecule has 0 aromatic heterocycles. The van der Waals surface area contributed by atoms with E-state index >= 15 is 0 Å². The van der Waals surface area contributed by atoms with Gasteiger partial charge < -0.3 is 19.3 Å². The van der Waals surface area contributed by atoms with Crippen LogP contribution in [0.15, 0.2) is 23.8 Å². The molecule has 37 heavy (non-hydrogen) atoms. The fourth-order valence-electron chi connectivity index (χ4n) is 8.20. The molecule has 3 saturated carbocycles. The van der Waals surface area contributed by atoms with Gasteiger partial charge in [-0.25, -0.2) is 4.79 Å². The largest absolute Gasteiger partial charge is 0.457 e. The van der Waals surface area contributed by atoms with Gasteiger partial charge in [0.2, 0.25) is 5.78 Å². The lowest BCUT2D eigenvalue weighted by Crippen LogP contribution is -2.60. The van der Waals surface area contributed by atoms with Crippen molar-refractivity contribution in [2.75, 3.05) is 20.3 Å². The first kappa shape index (κ1) is 27.7. The first-order chi connectivity index (χ1) is 17.4. The first-order valence-electron chi connectivity index (χ1n) is 13.4. The van der Waals surface area contributed by atoms with Gasteiger partial charge in [-0.3, -0.25) is 14.4 Å². The zero-order valence-electron chi connectivity index (χ0n) is 22.6. The lowest BCUT2D eigenvalue weighted by atomic mass is 9.45. The molecule has 4 aliphatic rings. The number of hydrogen-bond donors (Lipinski definition) is 1. The SMILES string of the molecule is COCC(=O)O[C@]1(C(=O)COC(=O)CC(C)O)CC[C@H]2[C@@H]3C[C@H](C)C4=CC(=O)C=C[C@]4(C)[C@H]3CC[C@@]21C. The van der Waals surface area contributed by atoms with E-state index in [4.69, 9.17) is 14.2 Å². The van der Waals surface area contributed by atoms with Crippen LogP contribution in [0.1, 0.15) is 66.2 Å². The van der Waals surface area contributed by atoms with E-state index in [-0.39, 0.29) is 36.1 Å². The van der Waals surface area contributed by atoms with E-state index in [1.54, 1.807) is 6.08 Å². The Labute approximate surface area is 218 Å². The summed E-state index contributed by atoms with van der Waals surface area (Å²) >= 11 is 0. The molecule has 0 saturated heterocycles. The van der Waals surface area contributed by atoms with Gasteiger partial charge in [0.05, 0.1) is 12.5 Å². The molecule has 3 fully saturated rings. The zero-order valence-corrected chi connectivity index (χ0v) is 22.6. The molecule has 4 rings (SSSR count). The van der Waals surface area contributed by atoms with Crippen LogP contribution in [0.3, 0.4) is 0 Å². The minimum absolute atomic E-state index is 0.0408. The molecule has 0 spiro atoms. The molecule has 204 valence electrons. The minimum atomic E-state index is -1.41. The summed E-state index contributed by atoms with van der Waals surface area (Å²) in [5.74, 6) is -0.687. The van der Waals surface area contributed by atoms with Crippen LogP contribution in [-0.2, 0) is 33.4 Å². The summed E-state index contributed by atoms with van der Waals surface area (Å²) in [6.45, 7) is 7.15. The third-order valence-electron chi connectivity index (χ3n) is 9.82. The van der Waals surface area contributed by atoms with Gasteiger partial charge in [-0.1, -0.05) is 32.4 Å². The van der Waals surface area contributed by atoms with Crippen molar-refractivity contribution in [3.63, 3.8) is 0 Å². The Balaban J connectivity index is 1.65. The molecular formula is C29H40O8. The van der Waals surface area contributed by atoms with Gasteiger partial charge in [-0.2, -0.15) is 0 Å². The maximum Gasteiger partial charge on any atom is 0.333 e. The number of aliphatic hydroxyl groups excluding tert-OH is 1. The highest BCUT2D eigenvalue weighted by Crippen LogP contribution is 2.68.